The van der Waals surface area contributed by atoms with Crippen molar-refractivity contribution in [3.05, 3.63) is 24.2 Å². The van der Waals surface area contributed by atoms with E-state index in [9.17, 15) is 0 Å². The Morgan fingerprint density at radius 3 is 2.65 bits per heavy atom. The first-order valence-electron chi connectivity index (χ1n) is 9.63. The number of hydrogen-bond donors (Lipinski definition) is 0. The van der Waals surface area contributed by atoms with E-state index in [1.807, 2.05) is 18.6 Å². The number of morpholine rings is 1. The minimum atomic E-state index is 0.271. The zero-order chi connectivity index (χ0) is 17.8. The largest absolute Gasteiger partial charge is 0.378 e. The van der Waals surface area contributed by atoms with Gasteiger partial charge in [0.05, 0.1) is 25.1 Å². The average molecular weight is 356 g/mol. The fourth-order valence-corrected chi connectivity index (χ4v) is 3.72. The summed E-state index contributed by atoms with van der Waals surface area (Å²) in [5.41, 5.74) is 1.04. The minimum absolute atomic E-state index is 0.271. The summed E-state index contributed by atoms with van der Waals surface area (Å²) in [6.45, 7) is 7.49. The number of likely N-dealkylation sites (N-methyl/N-ethyl adjacent to an activating group) is 1. The Kier molecular flexibility index (Phi) is 5.45. The lowest BCUT2D eigenvalue weighted by molar-refractivity contribution is 0.122. The van der Waals surface area contributed by atoms with E-state index < -0.39 is 0 Å². The lowest BCUT2D eigenvalue weighted by Crippen LogP contribution is -2.39. The van der Waals surface area contributed by atoms with Gasteiger partial charge in [0.15, 0.2) is 11.6 Å². The molecule has 0 spiro atoms. The van der Waals surface area contributed by atoms with E-state index in [1.165, 1.54) is 0 Å². The number of rotatable bonds is 3. The van der Waals surface area contributed by atoms with Crippen molar-refractivity contribution in [1.82, 2.24) is 14.9 Å². The van der Waals surface area contributed by atoms with Crippen LogP contribution in [0, 0.1) is 0 Å². The van der Waals surface area contributed by atoms with Crippen molar-refractivity contribution in [2.45, 2.75) is 18.8 Å². The molecule has 3 aliphatic rings. The summed E-state index contributed by atoms with van der Waals surface area (Å²) in [5.74, 6) is 2.32. The van der Waals surface area contributed by atoms with Crippen molar-refractivity contribution in [2.24, 2.45) is 4.99 Å². The molecule has 4 rings (SSSR count). The van der Waals surface area contributed by atoms with Gasteiger partial charge in [-0.15, -0.1) is 0 Å². The van der Waals surface area contributed by atoms with Crippen molar-refractivity contribution in [1.29, 1.82) is 0 Å². The molecule has 0 aromatic carbocycles. The smallest absolute Gasteiger partial charge is 0.172 e. The maximum absolute atomic E-state index is 5.53. The van der Waals surface area contributed by atoms with Crippen LogP contribution in [0.1, 0.15) is 24.5 Å². The van der Waals surface area contributed by atoms with Crippen LogP contribution < -0.4 is 9.80 Å². The van der Waals surface area contributed by atoms with E-state index in [2.05, 4.69) is 32.8 Å². The van der Waals surface area contributed by atoms with Crippen molar-refractivity contribution in [2.75, 3.05) is 69.3 Å². The molecule has 1 aromatic rings. The maximum atomic E-state index is 5.53. The molecule has 0 bridgehead atoms. The van der Waals surface area contributed by atoms with Crippen LogP contribution in [0.25, 0.3) is 0 Å². The molecule has 0 N–H and O–H groups in total. The molecule has 2 saturated heterocycles. The van der Waals surface area contributed by atoms with Gasteiger partial charge in [-0.2, -0.15) is 0 Å². The lowest BCUT2D eigenvalue weighted by Gasteiger charge is -2.32. The Morgan fingerprint density at radius 1 is 1.00 bits per heavy atom. The van der Waals surface area contributed by atoms with Gasteiger partial charge in [-0.3, -0.25) is 4.99 Å². The SMILES string of the molecule is CN1CCCN(c2nc(C3C=CN=CC3)cnc2N2CCOCC2)CC1. The first-order valence-corrected chi connectivity index (χ1v) is 9.63. The normalized spacial score (nSPS) is 24.7. The quantitative estimate of drug-likeness (QED) is 0.819. The van der Waals surface area contributed by atoms with Crippen LogP contribution >= 0.6 is 0 Å². The Morgan fingerprint density at radius 2 is 1.85 bits per heavy atom. The van der Waals surface area contributed by atoms with E-state index in [0.717, 1.165) is 82.7 Å². The van der Waals surface area contributed by atoms with Crippen LogP contribution in [-0.2, 0) is 4.74 Å². The number of allylic oxidation sites excluding steroid dienone is 1. The fourth-order valence-electron chi connectivity index (χ4n) is 3.72. The summed E-state index contributed by atoms with van der Waals surface area (Å²) in [6.07, 6.45) is 9.95. The summed E-state index contributed by atoms with van der Waals surface area (Å²) in [5, 5.41) is 0. The molecule has 2 fully saturated rings. The van der Waals surface area contributed by atoms with Gasteiger partial charge in [-0.05, 0) is 26.4 Å². The maximum Gasteiger partial charge on any atom is 0.172 e. The Balaban J connectivity index is 1.66. The van der Waals surface area contributed by atoms with E-state index in [0.29, 0.717) is 0 Å². The molecule has 3 aliphatic heterocycles. The molecule has 0 radical (unpaired) electrons. The van der Waals surface area contributed by atoms with Crippen LogP contribution in [0.2, 0.25) is 0 Å². The van der Waals surface area contributed by atoms with Gasteiger partial charge < -0.3 is 19.4 Å². The fraction of sp³-hybridized carbons (Fsp3) is 0.632. The van der Waals surface area contributed by atoms with Crippen LogP contribution in [-0.4, -0.2) is 80.6 Å². The average Bonchev–Trinajstić information content (AvgIpc) is 2.93. The Labute approximate surface area is 155 Å². The molecule has 0 aliphatic carbocycles. The second-order valence-electron chi connectivity index (χ2n) is 7.20. The molecule has 1 aromatic heterocycles. The molecule has 1 unspecified atom stereocenters. The Bertz CT molecular complexity index is 670. The first kappa shape index (κ1) is 17.4. The van der Waals surface area contributed by atoms with Crippen molar-refractivity contribution >= 4 is 17.9 Å². The topological polar surface area (TPSA) is 57.1 Å². The molecule has 26 heavy (non-hydrogen) atoms. The summed E-state index contributed by atoms with van der Waals surface area (Å²) < 4.78 is 5.53. The van der Waals surface area contributed by atoms with Crippen molar-refractivity contribution in [3.8, 4) is 0 Å². The predicted molar refractivity (Wildman–Crippen MR) is 104 cm³/mol. The molecule has 7 nitrogen and oxygen atoms in total. The number of anilines is 2. The molecular weight excluding hydrogens is 328 g/mol. The van der Waals surface area contributed by atoms with E-state index >= 15 is 0 Å². The monoisotopic (exact) mass is 356 g/mol. The van der Waals surface area contributed by atoms with E-state index in [-0.39, 0.29) is 5.92 Å². The van der Waals surface area contributed by atoms with Gasteiger partial charge in [0.25, 0.3) is 0 Å². The third-order valence-electron chi connectivity index (χ3n) is 5.33. The predicted octanol–water partition coefficient (Wildman–Crippen LogP) is 1.53. The molecule has 7 heteroatoms. The molecule has 1 atom stereocenters. The lowest BCUT2D eigenvalue weighted by atomic mass is 10.0. The van der Waals surface area contributed by atoms with Crippen molar-refractivity contribution < 1.29 is 4.74 Å². The van der Waals surface area contributed by atoms with E-state index in [4.69, 9.17) is 14.7 Å². The van der Waals surface area contributed by atoms with Crippen LogP contribution in [0.3, 0.4) is 0 Å². The zero-order valence-corrected chi connectivity index (χ0v) is 15.5. The van der Waals surface area contributed by atoms with Gasteiger partial charge >= 0.3 is 0 Å². The highest BCUT2D eigenvalue weighted by Gasteiger charge is 2.24. The van der Waals surface area contributed by atoms with Crippen LogP contribution in [0.5, 0.6) is 0 Å². The molecule has 0 saturated carbocycles. The van der Waals surface area contributed by atoms with Gasteiger partial charge in [-0.1, -0.05) is 6.08 Å². The highest BCUT2D eigenvalue weighted by molar-refractivity contribution is 5.65. The van der Waals surface area contributed by atoms with Gasteiger partial charge in [-0.25, -0.2) is 9.97 Å². The standard InChI is InChI=1S/C19H28N6O/c1-23-7-2-8-24(10-9-23)19-18(25-11-13-26-14-12-25)21-15-17(22-19)16-3-5-20-6-4-16/h3,5-6,15-16H,2,4,7-14H2,1H3. The molecular formula is C19H28N6O. The van der Waals surface area contributed by atoms with Crippen molar-refractivity contribution in [3.63, 3.8) is 0 Å². The molecule has 140 valence electrons. The summed E-state index contributed by atoms with van der Waals surface area (Å²) >= 11 is 0. The number of aliphatic imine (C=N–C) groups is 1. The zero-order valence-electron chi connectivity index (χ0n) is 15.5. The van der Waals surface area contributed by atoms with Gasteiger partial charge in [0.2, 0.25) is 0 Å². The van der Waals surface area contributed by atoms with Crippen LogP contribution in [0.15, 0.2) is 23.5 Å². The highest BCUT2D eigenvalue weighted by Crippen LogP contribution is 2.30. The van der Waals surface area contributed by atoms with E-state index in [1.54, 1.807) is 0 Å². The highest BCUT2D eigenvalue weighted by atomic mass is 16.5. The Hall–Kier alpha value is -1.99. The number of nitrogens with zero attached hydrogens (tertiary/aromatic N) is 6. The first-order chi connectivity index (χ1) is 12.8. The number of ether oxygens (including phenoxy) is 1. The second kappa shape index (κ2) is 8.14. The number of aromatic nitrogens is 2. The minimum Gasteiger partial charge on any atom is -0.378 e. The third kappa shape index (κ3) is 3.88. The molecule has 0 amide bonds. The third-order valence-corrected chi connectivity index (χ3v) is 5.33. The molecule has 4 heterocycles. The summed E-state index contributed by atoms with van der Waals surface area (Å²) in [6, 6.07) is 0. The summed E-state index contributed by atoms with van der Waals surface area (Å²) in [7, 11) is 2.20. The second-order valence-corrected chi connectivity index (χ2v) is 7.20. The number of hydrogen-bond acceptors (Lipinski definition) is 7. The van der Waals surface area contributed by atoms with Gasteiger partial charge in [0.1, 0.15) is 0 Å². The van der Waals surface area contributed by atoms with Crippen LogP contribution in [0.4, 0.5) is 11.6 Å². The summed E-state index contributed by atoms with van der Waals surface area (Å²) in [4.78, 5) is 21.3. The van der Waals surface area contributed by atoms with Gasteiger partial charge in [0, 0.05) is 51.1 Å².